The van der Waals surface area contributed by atoms with E-state index in [9.17, 15) is 14.4 Å². The van der Waals surface area contributed by atoms with Gasteiger partial charge in [0, 0.05) is 21.7 Å². The number of Topliss-reactive ketones (excluding diaryl/α,β-unsaturated/α-hetero) is 1. The minimum atomic E-state index is -0.441. The van der Waals surface area contributed by atoms with Crippen LogP contribution in [0.4, 0.5) is 5.69 Å². The lowest BCUT2D eigenvalue weighted by Gasteiger charge is -2.11. The predicted octanol–water partition coefficient (Wildman–Crippen LogP) is 4.85. The van der Waals surface area contributed by atoms with Gasteiger partial charge < -0.3 is 10.1 Å². The van der Waals surface area contributed by atoms with Crippen molar-refractivity contribution in [2.24, 2.45) is 0 Å². The molecular weight excluding hydrogens is 398 g/mol. The highest BCUT2D eigenvalue weighted by Gasteiger charge is 2.18. The van der Waals surface area contributed by atoms with Crippen molar-refractivity contribution in [3.05, 3.63) is 96.1 Å². The van der Waals surface area contributed by atoms with Crippen LogP contribution in [0.1, 0.15) is 27.6 Å². The van der Waals surface area contributed by atoms with Crippen LogP contribution in [-0.4, -0.2) is 29.5 Å². The first-order chi connectivity index (χ1) is 14.5. The largest absolute Gasteiger partial charge is 0.456 e. The second-order valence-corrected chi connectivity index (χ2v) is 7.92. The fourth-order valence-electron chi connectivity index (χ4n) is 2.62. The van der Waals surface area contributed by atoms with Crippen LogP contribution in [0, 0.1) is 0 Å². The number of carbonyl (C=O) groups excluding carboxylic acids is 3. The van der Waals surface area contributed by atoms with E-state index >= 15 is 0 Å². The predicted molar refractivity (Wildman–Crippen MR) is 118 cm³/mol. The summed E-state index contributed by atoms with van der Waals surface area (Å²) in [6, 6.07) is 24.9. The molecule has 1 N–H and O–H groups in total. The van der Waals surface area contributed by atoms with Gasteiger partial charge in [-0.1, -0.05) is 36.4 Å². The number of amides is 1. The molecule has 5 nitrogen and oxygen atoms in total. The van der Waals surface area contributed by atoms with Gasteiger partial charge in [0.15, 0.2) is 12.4 Å². The number of esters is 1. The van der Waals surface area contributed by atoms with Crippen LogP contribution in [0.3, 0.4) is 0 Å². The number of thioether (sulfide) groups is 1. The van der Waals surface area contributed by atoms with Gasteiger partial charge in [-0.25, -0.2) is 0 Å². The Morgan fingerprint density at radius 3 is 2.07 bits per heavy atom. The van der Waals surface area contributed by atoms with Crippen LogP contribution >= 0.6 is 11.8 Å². The molecule has 3 aromatic carbocycles. The minimum Gasteiger partial charge on any atom is -0.456 e. The zero-order valence-electron chi connectivity index (χ0n) is 16.4. The number of ether oxygens (including phenoxy) is 1. The Bertz CT molecular complexity index is 1000. The Morgan fingerprint density at radius 2 is 1.43 bits per heavy atom. The number of rotatable bonds is 8. The van der Waals surface area contributed by atoms with E-state index in [1.165, 1.54) is 11.8 Å². The van der Waals surface area contributed by atoms with Gasteiger partial charge in [0.1, 0.15) is 5.25 Å². The lowest BCUT2D eigenvalue weighted by molar-refractivity contribution is -0.141. The van der Waals surface area contributed by atoms with Gasteiger partial charge in [-0.3, -0.25) is 14.4 Å². The van der Waals surface area contributed by atoms with Crippen LogP contribution in [0.25, 0.3) is 0 Å². The zero-order valence-corrected chi connectivity index (χ0v) is 17.2. The summed E-state index contributed by atoms with van der Waals surface area (Å²) in [6.07, 6.45) is 0. The van der Waals surface area contributed by atoms with E-state index in [0.717, 1.165) is 4.90 Å². The first-order valence-corrected chi connectivity index (χ1v) is 10.3. The van der Waals surface area contributed by atoms with Crippen LogP contribution in [0.5, 0.6) is 0 Å². The molecule has 3 rings (SSSR count). The molecule has 1 amide bonds. The quantitative estimate of drug-likeness (QED) is 0.321. The van der Waals surface area contributed by atoms with Gasteiger partial charge in [0.25, 0.3) is 5.91 Å². The Kier molecular flexibility index (Phi) is 7.40. The van der Waals surface area contributed by atoms with Gasteiger partial charge in [0.05, 0.1) is 0 Å². The Morgan fingerprint density at radius 1 is 0.833 bits per heavy atom. The minimum absolute atomic E-state index is 0.228. The monoisotopic (exact) mass is 419 g/mol. The summed E-state index contributed by atoms with van der Waals surface area (Å²) in [4.78, 5) is 37.6. The second kappa shape index (κ2) is 10.4. The van der Waals surface area contributed by atoms with Crippen molar-refractivity contribution in [2.75, 3.05) is 11.9 Å². The normalized spacial score (nSPS) is 11.4. The van der Waals surface area contributed by atoms with Crippen LogP contribution < -0.4 is 5.32 Å². The summed E-state index contributed by atoms with van der Waals surface area (Å²) < 4.78 is 5.17. The average molecular weight is 420 g/mol. The van der Waals surface area contributed by atoms with Crippen LogP contribution in [0.15, 0.2) is 89.8 Å². The molecule has 3 aromatic rings. The van der Waals surface area contributed by atoms with Gasteiger partial charge >= 0.3 is 5.97 Å². The number of nitrogens with one attached hydrogen (secondary N) is 1. The molecular formula is C24H21NO4S. The number of hydrogen-bond acceptors (Lipinski definition) is 5. The Balaban J connectivity index is 1.49. The smallest absolute Gasteiger partial charge is 0.319 e. The number of anilines is 1. The van der Waals surface area contributed by atoms with E-state index in [4.69, 9.17) is 4.74 Å². The van der Waals surface area contributed by atoms with Crippen molar-refractivity contribution in [1.29, 1.82) is 0 Å². The molecule has 0 spiro atoms. The summed E-state index contributed by atoms with van der Waals surface area (Å²) in [5.41, 5.74) is 1.53. The van der Waals surface area contributed by atoms with Crippen molar-refractivity contribution in [3.63, 3.8) is 0 Å². The maximum Gasteiger partial charge on any atom is 0.319 e. The topological polar surface area (TPSA) is 72.5 Å². The fraction of sp³-hybridized carbons (Fsp3) is 0.125. The molecule has 0 saturated carbocycles. The Labute approximate surface area is 179 Å². The molecule has 1 atom stereocenters. The summed E-state index contributed by atoms with van der Waals surface area (Å²) in [6.45, 7) is 1.42. The number of hydrogen-bond donors (Lipinski definition) is 1. The van der Waals surface area contributed by atoms with Crippen molar-refractivity contribution in [3.8, 4) is 0 Å². The van der Waals surface area contributed by atoms with E-state index in [1.54, 1.807) is 55.5 Å². The molecule has 0 fully saturated rings. The zero-order chi connectivity index (χ0) is 21.3. The SMILES string of the molecule is C[C@H](Sc1ccccc1)C(=O)OCC(=O)c1ccc(NC(=O)c2ccccc2)cc1. The summed E-state index contributed by atoms with van der Waals surface area (Å²) in [5.74, 6) is -0.973. The third-order valence-electron chi connectivity index (χ3n) is 4.23. The number of ketones is 1. The maximum atomic E-state index is 12.3. The van der Waals surface area contributed by atoms with Crippen molar-refractivity contribution < 1.29 is 19.1 Å². The summed E-state index contributed by atoms with van der Waals surface area (Å²) >= 11 is 1.38. The van der Waals surface area contributed by atoms with Gasteiger partial charge in [-0.2, -0.15) is 0 Å². The van der Waals surface area contributed by atoms with Gasteiger partial charge in [-0.15, -0.1) is 11.8 Å². The first kappa shape index (κ1) is 21.3. The molecule has 0 aliphatic rings. The highest BCUT2D eigenvalue weighted by molar-refractivity contribution is 8.00. The molecule has 0 aliphatic heterocycles. The Hall–Kier alpha value is -3.38. The van der Waals surface area contributed by atoms with Crippen molar-refractivity contribution >= 4 is 35.1 Å². The molecule has 0 radical (unpaired) electrons. The van der Waals surface area contributed by atoms with Crippen LogP contribution in [-0.2, 0) is 9.53 Å². The second-order valence-electron chi connectivity index (χ2n) is 6.50. The van der Waals surface area contributed by atoms with Crippen LogP contribution in [0.2, 0.25) is 0 Å². The van der Waals surface area contributed by atoms with E-state index < -0.39 is 11.2 Å². The van der Waals surface area contributed by atoms with E-state index in [-0.39, 0.29) is 18.3 Å². The molecule has 0 aromatic heterocycles. The fourth-order valence-corrected chi connectivity index (χ4v) is 3.51. The van der Waals surface area contributed by atoms with E-state index in [0.29, 0.717) is 16.8 Å². The van der Waals surface area contributed by atoms with Gasteiger partial charge in [0.2, 0.25) is 0 Å². The molecule has 0 saturated heterocycles. The van der Waals surface area contributed by atoms with E-state index in [1.807, 2.05) is 36.4 Å². The number of carbonyl (C=O) groups is 3. The molecule has 30 heavy (non-hydrogen) atoms. The van der Waals surface area contributed by atoms with Crippen molar-refractivity contribution in [1.82, 2.24) is 0 Å². The lowest BCUT2D eigenvalue weighted by atomic mass is 10.1. The first-order valence-electron chi connectivity index (χ1n) is 9.41. The summed E-state index contributed by atoms with van der Waals surface area (Å²) in [5, 5.41) is 2.35. The molecule has 0 unspecified atom stereocenters. The molecule has 6 heteroatoms. The highest BCUT2D eigenvalue weighted by Crippen LogP contribution is 2.23. The molecule has 0 bridgehead atoms. The molecule has 0 heterocycles. The van der Waals surface area contributed by atoms with Crippen molar-refractivity contribution in [2.45, 2.75) is 17.1 Å². The lowest BCUT2D eigenvalue weighted by Crippen LogP contribution is -2.21. The maximum absolute atomic E-state index is 12.3. The average Bonchev–Trinajstić information content (AvgIpc) is 2.79. The summed E-state index contributed by atoms with van der Waals surface area (Å²) in [7, 11) is 0. The van der Waals surface area contributed by atoms with Gasteiger partial charge in [-0.05, 0) is 55.5 Å². The standard InChI is InChI=1S/C24H21NO4S/c1-17(30-21-10-6-3-7-11-21)24(28)29-16-22(26)18-12-14-20(15-13-18)25-23(27)19-8-4-2-5-9-19/h2-15,17H,16H2,1H3,(H,25,27)/t17-/m0/s1. The highest BCUT2D eigenvalue weighted by atomic mass is 32.2. The third kappa shape index (κ3) is 6.06. The molecule has 152 valence electrons. The van der Waals surface area contributed by atoms with E-state index in [2.05, 4.69) is 5.32 Å². The molecule has 0 aliphatic carbocycles. The number of benzene rings is 3. The third-order valence-corrected chi connectivity index (χ3v) is 5.32.